The molecule has 1 rings (SSSR count). The van der Waals surface area contributed by atoms with E-state index in [-0.39, 0.29) is 11.5 Å². The number of hydrogen-bond acceptors (Lipinski definition) is 4. The minimum atomic E-state index is -1.03. The second kappa shape index (κ2) is 7.04. The van der Waals surface area contributed by atoms with Crippen LogP contribution in [0.2, 0.25) is 0 Å². The van der Waals surface area contributed by atoms with Crippen LogP contribution < -0.4 is 5.32 Å². The number of nitrogens with zero attached hydrogens (tertiary/aromatic N) is 2. The lowest BCUT2D eigenvalue weighted by Crippen LogP contribution is -2.33. The lowest BCUT2D eigenvalue weighted by molar-refractivity contribution is -0.124. The third-order valence-corrected chi connectivity index (χ3v) is 3.11. The number of carboxylic acids is 1. The first kappa shape index (κ1) is 16.2. The average Bonchev–Trinajstić information content (AvgIpc) is 2.68. The maximum Gasteiger partial charge on any atom is 0.339 e. The van der Waals surface area contributed by atoms with Crippen molar-refractivity contribution in [2.24, 2.45) is 0 Å². The van der Waals surface area contributed by atoms with Crippen molar-refractivity contribution < 1.29 is 19.4 Å². The van der Waals surface area contributed by atoms with E-state index in [1.54, 1.807) is 27.9 Å². The number of rotatable bonds is 7. The van der Waals surface area contributed by atoms with E-state index in [0.29, 0.717) is 24.5 Å². The molecular weight excluding hydrogens is 262 g/mol. The highest BCUT2D eigenvalue weighted by atomic mass is 16.5. The Hall–Kier alpha value is -1.89. The standard InChI is InChI=1S/C13H21N3O4/c1-8-11(13(18)19)9(2)16(15-8)10(3)12(17)14-6-5-7-20-4/h10H,5-7H2,1-4H3,(H,14,17)(H,18,19). The summed E-state index contributed by atoms with van der Waals surface area (Å²) >= 11 is 0. The Labute approximate surface area is 117 Å². The molecule has 20 heavy (non-hydrogen) atoms. The summed E-state index contributed by atoms with van der Waals surface area (Å²) < 4.78 is 6.35. The highest BCUT2D eigenvalue weighted by Crippen LogP contribution is 2.17. The fraction of sp³-hybridized carbons (Fsp3) is 0.615. The summed E-state index contributed by atoms with van der Waals surface area (Å²) in [6.45, 7) is 6.06. The van der Waals surface area contributed by atoms with Gasteiger partial charge in [-0.05, 0) is 27.2 Å². The van der Waals surface area contributed by atoms with Crippen molar-refractivity contribution in [2.75, 3.05) is 20.3 Å². The molecule has 1 amide bonds. The largest absolute Gasteiger partial charge is 0.478 e. The summed E-state index contributed by atoms with van der Waals surface area (Å²) in [5.41, 5.74) is 1.05. The van der Waals surface area contributed by atoms with Gasteiger partial charge in [0.25, 0.3) is 0 Å². The highest BCUT2D eigenvalue weighted by molar-refractivity contribution is 5.90. The lowest BCUT2D eigenvalue weighted by atomic mass is 10.2. The minimum Gasteiger partial charge on any atom is -0.478 e. The maximum atomic E-state index is 12.0. The molecule has 0 saturated carbocycles. The third-order valence-electron chi connectivity index (χ3n) is 3.11. The zero-order valence-electron chi connectivity index (χ0n) is 12.3. The molecule has 1 aromatic heterocycles. The Morgan fingerprint density at radius 1 is 1.45 bits per heavy atom. The molecule has 1 unspecified atom stereocenters. The van der Waals surface area contributed by atoms with Gasteiger partial charge in [0.2, 0.25) is 5.91 Å². The molecule has 1 aromatic rings. The monoisotopic (exact) mass is 283 g/mol. The van der Waals surface area contributed by atoms with Crippen LogP contribution in [-0.4, -0.2) is 47.0 Å². The molecule has 0 aliphatic rings. The molecule has 0 radical (unpaired) electrons. The van der Waals surface area contributed by atoms with Gasteiger partial charge in [-0.3, -0.25) is 9.48 Å². The topological polar surface area (TPSA) is 93.5 Å². The second-order valence-corrected chi connectivity index (χ2v) is 4.61. The van der Waals surface area contributed by atoms with Crippen LogP contribution in [0.1, 0.15) is 41.1 Å². The molecule has 1 atom stereocenters. The Morgan fingerprint density at radius 2 is 2.10 bits per heavy atom. The van der Waals surface area contributed by atoms with Crippen LogP contribution >= 0.6 is 0 Å². The van der Waals surface area contributed by atoms with E-state index in [9.17, 15) is 9.59 Å². The first-order chi connectivity index (χ1) is 9.40. The van der Waals surface area contributed by atoms with Crippen molar-refractivity contribution in [1.29, 1.82) is 0 Å². The predicted octanol–water partition coefficient (Wildman–Crippen LogP) is 0.912. The van der Waals surface area contributed by atoms with Crippen molar-refractivity contribution in [3.05, 3.63) is 17.0 Å². The molecule has 0 bridgehead atoms. The van der Waals surface area contributed by atoms with E-state index in [0.717, 1.165) is 6.42 Å². The molecular formula is C13H21N3O4. The van der Waals surface area contributed by atoms with E-state index in [2.05, 4.69) is 10.4 Å². The van der Waals surface area contributed by atoms with Crippen LogP contribution in [0.25, 0.3) is 0 Å². The maximum absolute atomic E-state index is 12.0. The van der Waals surface area contributed by atoms with E-state index in [1.165, 1.54) is 4.68 Å². The molecule has 0 fully saturated rings. The Balaban J connectivity index is 2.77. The molecule has 1 heterocycles. The van der Waals surface area contributed by atoms with Gasteiger partial charge < -0.3 is 15.2 Å². The summed E-state index contributed by atoms with van der Waals surface area (Å²) in [6, 6.07) is -0.552. The molecule has 7 nitrogen and oxygen atoms in total. The quantitative estimate of drug-likeness (QED) is 0.725. The number of carboxylic acid groups (broad SMARTS) is 1. The van der Waals surface area contributed by atoms with Crippen LogP contribution in [0.5, 0.6) is 0 Å². The summed E-state index contributed by atoms with van der Waals surface area (Å²) in [7, 11) is 1.60. The number of carbonyl (C=O) groups is 2. The smallest absolute Gasteiger partial charge is 0.339 e. The van der Waals surface area contributed by atoms with Crippen LogP contribution in [-0.2, 0) is 9.53 Å². The number of hydrogen-bond donors (Lipinski definition) is 2. The Morgan fingerprint density at radius 3 is 2.60 bits per heavy atom. The summed E-state index contributed by atoms with van der Waals surface area (Å²) in [5, 5.41) is 16.0. The summed E-state index contributed by atoms with van der Waals surface area (Å²) in [6.07, 6.45) is 0.729. The van der Waals surface area contributed by atoms with Crippen molar-refractivity contribution in [2.45, 2.75) is 33.2 Å². The van der Waals surface area contributed by atoms with Gasteiger partial charge in [-0.1, -0.05) is 0 Å². The molecule has 2 N–H and O–H groups in total. The first-order valence-corrected chi connectivity index (χ1v) is 6.45. The molecule has 0 aliphatic heterocycles. The highest BCUT2D eigenvalue weighted by Gasteiger charge is 2.23. The zero-order valence-corrected chi connectivity index (χ0v) is 12.3. The van der Waals surface area contributed by atoms with E-state index in [4.69, 9.17) is 9.84 Å². The fourth-order valence-corrected chi connectivity index (χ4v) is 2.04. The molecule has 0 saturated heterocycles. The number of aromatic nitrogens is 2. The van der Waals surface area contributed by atoms with Crippen LogP contribution in [0.4, 0.5) is 0 Å². The average molecular weight is 283 g/mol. The van der Waals surface area contributed by atoms with Gasteiger partial charge in [0, 0.05) is 20.3 Å². The van der Waals surface area contributed by atoms with Crippen LogP contribution in [0.3, 0.4) is 0 Å². The lowest BCUT2D eigenvalue weighted by Gasteiger charge is -2.14. The van der Waals surface area contributed by atoms with Crippen LogP contribution in [0.15, 0.2) is 0 Å². The minimum absolute atomic E-state index is 0.157. The summed E-state index contributed by atoms with van der Waals surface area (Å²) in [4.78, 5) is 23.1. The Bertz CT molecular complexity index is 496. The number of aromatic carboxylic acids is 1. The van der Waals surface area contributed by atoms with E-state index >= 15 is 0 Å². The molecule has 0 aromatic carbocycles. The van der Waals surface area contributed by atoms with Gasteiger partial charge in [-0.2, -0.15) is 5.10 Å². The summed E-state index contributed by atoms with van der Waals surface area (Å²) in [5.74, 6) is -1.22. The SMILES string of the molecule is COCCCNC(=O)C(C)n1nc(C)c(C(=O)O)c1C. The van der Waals surface area contributed by atoms with Gasteiger partial charge in [0.1, 0.15) is 11.6 Å². The van der Waals surface area contributed by atoms with Gasteiger partial charge in [-0.25, -0.2) is 4.79 Å². The molecule has 7 heteroatoms. The number of ether oxygens (including phenoxy) is 1. The normalized spacial score (nSPS) is 12.2. The predicted molar refractivity (Wildman–Crippen MR) is 72.9 cm³/mol. The Kier molecular flexibility index (Phi) is 5.69. The molecule has 0 spiro atoms. The van der Waals surface area contributed by atoms with Crippen molar-refractivity contribution in [1.82, 2.24) is 15.1 Å². The number of nitrogens with one attached hydrogen (secondary N) is 1. The van der Waals surface area contributed by atoms with Crippen LogP contribution in [0, 0.1) is 13.8 Å². The molecule has 112 valence electrons. The van der Waals surface area contributed by atoms with E-state index < -0.39 is 12.0 Å². The van der Waals surface area contributed by atoms with Crippen molar-refractivity contribution >= 4 is 11.9 Å². The van der Waals surface area contributed by atoms with Crippen molar-refractivity contribution in [3.63, 3.8) is 0 Å². The third kappa shape index (κ3) is 3.57. The van der Waals surface area contributed by atoms with Crippen molar-refractivity contribution in [3.8, 4) is 0 Å². The fourth-order valence-electron chi connectivity index (χ4n) is 2.04. The number of carbonyl (C=O) groups excluding carboxylic acids is 1. The molecule has 0 aliphatic carbocycles. The zero-order chi connectivity index (χ0) is 15.3. The number of amides is 1. The van der Waals surface area contributed by atoms with E-state index in [1.807, 2.05) is 0 Å². The second-order valence-electron chi connectivity index (χ2n) is 4.61. The van der Waals surface area contributed by atoms with Gasteiger partial charge >= 0.3 is 5.97 Å². The first-order valence-electron chi connectivity index (χ1n) is 6.45. The van der Waals surface area contributed by atoms with Gasteiger partial charge in [-0.15, -0.1) is 0 Å². The number of methoxy groups -OCH3 is 1. The van der Waals surface area contributed by atoms with Gasteiger partial charge in [0.05, 0.1) is 11.4 Å². The number of aryl methyl sites for hydroxylation is 1. The van der Waals surface area contributed by atoms with Gasteiger partial charge in [0.15, 0.2) is 0 Å².